The summed E-state index contributed by atoms with van der Waals surface area (Å²) in [5.74, 6) is 0.625. The minimum Gasteiger partial charge on any atom is -0.497 e. The molecule has 8 heteroatoms. The third-order valence-corrected chi connectivity index (χ3v) is 7.37. The Kier molecular flexibility index (Phi) is 6.67. The number of carbonyl (C=O) groups is 2. The molecule has 3 saturated heterocycles. The molecule has 2 aromatic rings. The van der Waals surface area contributed by atoms with Crippen molar-refractivity contribution in [3.63, 3.8) is 0 Å². The van der Waals surface area contributed by atoms with Gasteiger partial charge in [-0.3, -0.25) is 9.59 Å². The number of likely N-dealkylation sites (tertiary alicyclic amines) is 1. The maximum Gasteiger partial charge on any atom is 0.228 e. The molecule has 186 valence electrons. The van der Waals surface area contributed by atoms with Gasteiger partial charge in [-0.2, -0.15) is 0 Å². The molecule has 2 aromatic carbocycles. The van der Waals surface area contributed by atoms with E-state index in [-0.39, 0.29) is 17.7 Å². The largest absolute Gasteiger partial charge is 0.497 e. The Balaban J connectivity index is 1.46. The van der Waals surface area contributed by atoms with E-state index in [1.807, 2.05) is 53.4 Å². The summed E-state index contributed by atoms with van der Waals surface area (Å²) in [4.78, 5) is 30.9. The SMILES string of the molecule is COc1ccc([C@@H]2[C@@H](C(=O)N3CCC4(CC3)OCCO4)CCC(=O)N2c2ccc(OC)cc2)cc1. The van der Waals surface area contributed by atoms with Crippen LogP contribution in [0, 0.1) is 5.92 Å². The molecule has 0 aromatic heterocycles. The number of ether oxygens (including phenoxy) is 4. The van der Waals surface area contributed by atoms with Crippen LogP contribution in [-0.2, 0) is 19.1 Å². The van der Waals surface area contributed by atoms with Gasteiger partial charge in [0.25, 0.3) is 0 Å². The lowest BCUT2D eigenvalue weighted by Crippen LogP contribution is -2.53. The Labute approximate surface area is 205 Å². The van der Waals surface area contributed by atoms with E-state index in [9.17, 15) is 9.59 Å². The smallest absolute Gasteiger partial charge is 0.228 e. The van der Waals surface area contributed by atoms with Crippen LogP contribution in [0.3, 0.4) is 0 Å². The first kappa shape index (κ1) is 23.6. The number of anilines is 1. The molecule has 0 radical (unpaired) electrons. The van der Waals surface area contributed by atoms with Crippen molar-refractivity contribution >= 4 is 17.5 Å². The maximum absolute atomic E-state index is 13.9. The molecule has 0 aliphatic carbocycles. The van der Waals surface area contributed by atoms with Gasteiger partial charge in [-0.25, -0.2) is 0 Å². The molecule has 5 rings (SSSR count). The van der Waals surface area contributed by atoms with E-state index in [4.69, 9.17) is 18.9 Å². The number of carbonyl (C=O) groups excluding carboxylic acids is 2. The van der Waals surface area contributed by atoms with Crippen molar-refractivity contribution in [3.05, 3.63) is 54.1 Å². The van der Waals surface area contributed by atoms with Crippen LogP contribution in [0.25, 0.3) is 0 Å². The zero-order valence-corrected chi connectivity index (χ0v) is 20.3. The first-order valence-electron chi connectivity index (χ1n) is 12.2. The van der Waals surface area contributed by atoms with Crippen molar-refractivity contribution in [2.75, 3.05) is 45.4 Å². The minimum absolute atomic E-state index is 0.00499. The molecule has 8 nitrogen and oxygen atoms in total. The molecule has 3 aliphatic heterocycles. The van der Waals surface area contributed by atoms with Gasteiger partial charge >= 0.3 is 0 Å². The highest BCUT2D eigenvalue weighted by atomic mass is 16.7. The first-order chi connectivity index (χ1) is 17.0. The van der Waals surface area contributed by atoms with Crippen molar-refractivity contribution < 1.29 is 28.5 Å². The van der Waals surface area contributed by atoms with E-state index in [0.29, 0.717) is 57.7 Å². The van der Waals surface area contributed by atoms with E-state index >= 15 is 0 Å². The van der Waals surface area contributed by atoms with Gasteiger partial charge in [0, 0.05) is 38.0 Å². The molecule has 3 aliphatic rings. The van der Waals surface area contributed by atoms with Gasteiger partial charge < -0.3 is 28.7 Å². The summed E-state index contributed by atoms with van der Waals surface area (Å²) in [5, 5.41) is 0. The lowest BCUT2D eigenvalue weighted by Gasteiger charge is -2.44. The lowest BCUT2D eigenvalue weighted by atomic mass is 9.82. The second-order valence-electron chi connectivity index (χ2n) is 9.26. The van der Waals surface area contributed by atoms with Crippen LogP contribution in [0.5, 0.6) is 11.5 Å². The van der Waals surface area contributed by atoms with Gasteiger partial charge in [0.15, 0.2) is 5.79 Å². The fourth-order valence-corrected chi connectivity index (χ4v) is 5.47. The van der Waals surface area contributed by atoms with Gasteiger partial charge in [0.1, 0.15) is 11.5 Å². The molecule has 0 saturated carbocycles. The Morgan fingerprint density at radius 3 is 2.06 bits per heavy atom. The van der Waals surface area contributed by atoms with Crippen LogP contribution in [-0.4, -0.2) is 63.0 Å². The highest BCUT2D eigenvalue weighted by molar-refractivity contribution is 5.97. The number of amides is 2. The van der Waals surface area contributed by atoms with Crippen LogP contribution in [0.15, 0.2) is 48.5 Å². The highest BCUT2D eigenvalue weighted by Gasteiger charge is 2.46. The molecule has 35 heavy (non-hydrogen) atoms. The van der Waals surface area contributed by atoms with E-state index in [0.717, 1.165) is 17.0 Å². The van der Waals surface area contributed by atoms with Gasteiger partial charge in [0.05, 0.1) is 39.4 Å². The number of benzene rings is 2. The van der Waals surface area contributed by atoms with Crippen molar-refractivity contribution in [2.24, 2.45) is 5.92 Å². The van der Waals surface area contributed by atoms with Crippen molar-refractivity contribution in [1.82, 2.24) is 4.90 Å². The number of nitrogens with zero attached hydrogens (tertiary/aromatic N) is 2. The first-order valence-corrected chi connectivity index (χ1v) is 12.2. The summed E-state index contributed by atoms with van der Waals surface area (Å²) in [6.07, 6.45) is 2.16. The summed E-state index contributed by atoms with van der Waals surface area (Å²) in [7, 11) is 3.23. The van der Waals surface area contributed by atoms with Crippen LogP contribution in [0.4, 0.5) is 5.69 Å². The standard InChI is InChI=1S/C27H32N2O6/c1-32-21-7-3-19(4-8-21)25-23(26(31)28-15-13-27(14-16-28)34-17-18-35-27)11-12-24(30)29(25)20-5-9-22(33-2)10-6-20/h3-10,23,25H,11-18H2,1-2H3/t23-,25+/m0/s1. The van der Waals surface area contributed by atoms with Gasteiger partial charge in [-0.05, 0) is 48.4 Å². The zero-order chi connectivity index (χ0) is 24.4. The summed E-state index contributed by atoms with van der Waals surface area (Å²) in [5.41, 5.74) is 1.66. The quantitative estimate of drug-likeness (QED) is 0.651. The van der Waals surface area contributed by atoms with E-state index in [1.165, 1.54) is 0 Å². The average Bonchev–Trinajstić information content (AvgIpc) is 3.36. The van der Waals surface area contributed by atoms with E-state index in [1.54, 1.807) is 19.1 Å². The number of hydrogen-bond acceptors (Lipinski definition) is 6. The Bertz CT molecular complexity index is 1040. The molecule has 3 heterocycles. The summed E-state index contributed by atoms with van der Waals surface area (Å²) in [6, 6.07) is 14.7. The molecule has 0 N–H and O–H groups in total. The molecule has 2 atom stereocenters. The minimum atomic E-state index is -0.538. The fourth-order valence-electron chi connectivity index (χ4n) is 5.47. The molecule has 0 unspecified atom stereocenters. The van der Waals surface area contributed by atoms with Crippen LogP contribution >= 0.6 is 0 Å². The van der Waals surface area contributed by atoms with Crippen LogP contribution in [0.1, 0.15) is 37.3 Å². The third kappa shape index (κ3) is 4.60. The summed E-state index contributed by atoms with van der Waals surface area (Å²) in [6.45, 7) is 2.38. The lowest BCUT2D eigenvalue weighted by molar-refractivity contribution is -0.188. The summed E-state index contributed by atoms with van der Waals surface area (Å²) >= 11 is 0. The predicted molar refractivity (Wildman–Crippen MR) is 129 cm³/mol. The number of rotatable bonds is 5. The van der Waals surface area contributed by atoms with Crippen molar-refractivity contribution in [3.8, 4) is 11.5 Å². The van der Waals surface area contributed by atoms with Gasteiger partial charge in [-0.15, -0.1) is 0 Å². The van der Waals surface area contributed by atoms with Crippen LogP contribution < -0.4 is 14.4 Å². The van der Waals surface area contributed by atoms with E-state index < -0.39 is 11.8 Å². The number of piperidine rings is 2. The molecule has 2 amide bonds. The van der Waals surface area contributed by atoms with Crippen molar-refractivity contribution in [2.45, 2.75) is 37.5 Å². The molecule has 3 fully saturated rings. The zero-order valence-electron chi connectivity index (χ0n) is 20.3. The Morgan fingerprint density at radius 2 is 1.49 bits per heavy atom. The molecular formula is C27H32N2O6. The van der Waals surface area contributed by atoms with Crippen LogP contribution in [0.2, 0.25) is 0 Å². The Hall–Kier alpha value is -3.10. The molecular weight excluding hydrogens is 448 g/mol. The maximum atomic E-state index is 13.9. The van der Waals surface area contributed by atoms with E-state index in [2.05, 4.69) is 0 Å². The van der Waals surface area contributed by atoms with Gasteiger partial charge in [-0.1, -0.05) is 12.1 Å². The predicted octanol–water partition coefficient (Wildman–Crippen LogP) is 3.55. The second kappa shape index (κ2) is 9.87. The fraction of sp³-hybridized carbons (Fsp3) is 0.481. The topological polar surface area (TPSA) is 77.5 Å². The summed E-state index contributed by atoms with van der Waals surface area (Å²) < 4.78 is 22.3. The highest BCUT2D eigenvalue weighted by Crippen LogP contribution is 2.42. The monoisotopic (exact) mass is 480 g/mol. The molecule has 1 spiro atoms. The normalized spacial score (nSPS) is 24.0. The van der Waals surface area contributed by atoms with Crippen molar-refractivity contribution in [1.29, 1.82) is 0 Å². The number of methoxy groups -OCH3 is 2. The third-order valence-electron chi connectivity index (χ3n) is 7.37. The second-order valence-corrected chi connectivity index (χ2v) is 9.26. The molecule has 0 bridgehead atoms. The Morgan fingerprint density at radius 1 is 0.914 bits per heavy atom. The van der Waals surface area contributed by atoms with Gasteiger partial charge in [0.2, 0.25) is 11.8 Å². The average molecular weight is 481 g/mol. The number of hydrogen-bond donors (Lipinski definition) is 0.